The van der Waals surface area contributed by atoms with Crippen LogP contribution in [0, 0.1) is 13.8 Å². The topological polar surface area (TPSA) is 34.2 Å². The number of nitrogens with zero attached hydrogens (tertiary/aromatic N) is 2. The number of hydrogen-bond donors (Lipinski definition) is 0. The van der Waals surface area contributed by atoms with Crippen LogP contribution in [0.3, 0.4) is 0 Å². The molecule has 2 aromatic carbocycles. The Morgan fingerprint density at radius 2 is 1.82 bits per heavy atom. The maximum absolute atomic E-state index is 6.25. The lowest BCUT2D eigenvalue weighted by atomic mass is 9.86. The third-order valence-corrected chi connectivity index (χ3v) is 7.64. The third kappa shape index (κ3) is 5.26. The first-order valence-electron chi connectivity index (χ1n) is 12.1. The number of piperidine rings is 1. The Bertz CT molecular complexity index is 951. The highest BCUT2D eigenvalue weighted by molar-refractivity contribution is 6.32. The molecule has 6 heteroatoms. The Labute approximate surface area is 203 Å². The van der Waals surface area contributed by atoms with Gasteiger partial charge in [-0.1, -0.05) is 17.7 Å². The molecule has 0 saturated carbocycles. The summed E-state index contributed by atoms with van der Waals surface area (Å²) in [7, 11) is 3.41. The second-order valence-corrected chi connectivity index (χ2v) is 9.61. The fraction of sp³-hybridized carbons (Fsp3) is 0.556. The van der Waals surface area contributed by atoms with Crippen LogP contribution in [0.4, 0.5) is 5.69 Å². The highest BCUT2D eigenvalue weighted by Crippen LogP contribution is 2.40. The Morgan fingerprint density at radius 1 is 0.970 bits per heavy atom. The van der Waals surface area contributed by atoms with Crippen LogP contribution in [0.2, 0.25) is 5.02 Å². The lowest BCUT2D eigenvalue weighted by Gasteiger charge is -2.49. The number of fused-ring (bicyclic) bond motifs is 1. The second kappa shape index (κ2) is 11.0. The Hall–Kier alpha value is -1.95. The van der Waals surface area contributed by atoms with E-state index >= 15 is 0 Å². The predicted octanol–water partition coefficient (Wildman–Crippen LogP) is 5.80. The molecule has 2 aromatic rings. The standard InChI is InChI=1S/C27H37ClN2O3/c1-19-20(2)26(33-16-6-15-31-3)12-10-23(19)25-8-5-7-22-18-29(13-14-30(22)25)21-9-11-24(28)27(17-21)32-4/h9-12,17,22,25H,5-8,13-16,18H2,1-4H3/t22-,25+/m0/s1. The summed E-state index contributed by atoms with van der Waals surface area (Å²) < 4.78 is 16.6. The van der Waals surface area contributed by atoms with Crippen LogP contribution in [-0.4, -0.2) is 58.0 Å². The molecule has 0 N–H and O–H groups in total. The first kappa shape index (κ1) is 24.2. The van der Waals surface area contributed by atoms with Gasteiger partial charge >= 0.3 is 0 Å². The summed E-state index contributed by atoms with van der Waals surface area (Å²) in [5.41, 5.74) is 5.29. The van der Waals surface area contributed by atoms with E-state index in [0.717, 1.165) is 44.2 Å². The van der Waals surface area contributed by atoms with Crippen molar-refractivity contribution < 1.29 is 14.2 Å². The number of rotatable bonds is 8. The zero-order valence-electron chi connectivity index (χ0n) is 20.4. The van der Waals surface area contributed by atoms with Crippen molar-refractivity contribution in [3.63, 3.8) is 0 Å². The van der Waals surface area contributed by atoms with E-state index in [4.69, 9.17) is 25.8 Å². The highest BCUT2D eigenvalue weighted by Gasteiger charge is 2.36. The van der Waals surface area contributed by atoms with Crippen molar-refractivity contribution in [2.75, 3.05) is 52.0 Å². The predicted molar refractivity (Wildman–Crippen MR) is 135 cm³/mol. The minimum absolute atomic E-state index is 0.479. The molecule has 0 amide bonds. The molecule has 180 valence electrons. The van der Waals surface area contributed by atoms with Gasteiger partial charge in [0, 0.05) is 63.6 Å². The molecule has 2 aliphatic rings. The summed E-state index contributed by atoms with van der Waals surface area (Å²) >= 11 is 6.25. The van der Waals surface area contributed by atoms with E-state index < -0.39 is 0 Å². The van der Waals surface area contributed by atoms with Crippen LogP contribution in [0.15, 0.2) is 30.3 Å². The normalized spacial score (nSPS) is 21.1. The van der Waals surface area contributed by atoms with E-state index in [9.17, 15) is 0 Å². The molecule has 2 heterocycles. The number of piperazine rings is 1. The largest absolute Gasteiger partial charge is 0.495 e. The molecule has 0 aliphatic carbocycles. The first-order valence-corrected chi connectivity index (χ1v) is 12.5. The number of benzene rings is 2. The van der Waals surface area contributed by atoms with E-state index in [2.05, 4.69) is 47.9 Å². The van der Waals surface area contributed by atoms with Crippen molar-refractivity contribution in [3.05, 3.63) is 52.0 Å². The fourth-order valence-corrected chi connectivity index (χ4v) is 5.58. The van der Waals surface area contributed by atoms with Gasteiger partial charge in [-0.3, -0.25) is 4.90 Å². The maximum Gasteiger partial charge on any atom is 0.139 e. The van der Waals surface area contributed by atoms with Gasteiger partial charge in [-0.15, -0.1) is 0 Å². The quantitative estimate of drug-likeness (QED) is 0.454. The fourth-order valence-electron chi connectivity index (χ4n) is 5.38. The number of hydrogen-bond acceptors (Lipinski definition) is 5. The Balaban J connectivity index is 1.47. The SMILES string of the molecule is COCCCOc1ccc([C@H]2CCC[C@H]3CN(c4ccc(Cl)c(OC)c4)CCN32)c(C)c1C. The maximum atomic E-state index is 6.25. The second-order valence-electron chi connectivity index (χ2n) is 9.20. The van der Waals surface area contributed by atoms with Crippen molar-refractivity contribution >= 4 is 17.3 Å². The van der Waals surface area contributed by atoms with Crippen molar-refractivity contribution in [3.8, 4) is 11.5 Å². The molecule has 0 bridgehead atoms. The molecule has 0 aromatic heterocycles. The van der Waals surface area contributed by atoms with Gasteiger partial charge in [0.15, 0.2) is 0 Å². The molecular formula is C27H37ClN2O3. The van der Waals surface area contributed by atoms with Gasteiger partial charge < -0.3 is 19.1 Å². The van der Waals surface area contributed by atoms with Gasteiger partial charge in [-0.05, 0) is 68.0 Å². The van der Waals surface area contributed by atoms with E-state index in [1.54, 1.807) is 14.2 Å². The van der Waals surface area contributed by atoms with Gasteiger partial charge in [0.2, 0.25) is 0 Å². The van der Waals surface area contributed by atoms with E-state index in [1.165, 1.54) is 41.6 Å². The number of ether oxygens (including phenoxy) is 3. The lowest BCUT2D eigenvalue weighted by Crippen LogP contribution is -2.56. The molecular weight excluding hydrogens is 436 g/mol. The van der Waals surface area contributed by atoms with E-state index in [1.807, 2.05) is 6.07 Å². The number of anilines is 1. The van der Waals surface area contributed by atoms with Crippen molar-refractivity contribution in [2.24, 2.45) is 0 Å². The molecule has 2 saturated heterocycles. The van der Waals surface area contributed by atoms with Crippen LogP contribution in [0.5, 0.6) is 11.5 Å². The number of methoxy groups -OCH3 is 2. The van der Waals surface area contributed by atoms with Crippen molar-refractivity contribution in [1.82, 2.24) is 4.90 Å². The van der Waals surface area contributed by atoms with Gasteiger partial charge in [0.05, 0.1) is 18.7 Å². The zero-order valence-corrected chi connectivity index (χ0v) is 21.2. The molecule has 2 fully saturated rings. The van der Waals surface area contributed by atoms with E-state index in [-0.39, 0.29) is 0 Å². The molecule has 33 heavy (non-hydrogen) atoms. The monoisotopic (exact) mass is 472 g/mol. The summed E-state index contributed by atoms with van der Waals surface area (Å²) in [6.07, 6.45) is 4.64. The summed E-state index contributed by atoms with van der Waals surface area (Å²) in [5, 5.41) is 0.662. The zero-order chi connectivity index (χ0) is 23.4. The average molecular weight is 473 g/mol. The molecule has 5 nitrogen and oxygen atoms in total. The molecule has 2 aliphatic heterocycles. The average Bonchev–Trinajstić information content (AvgIpc) is 2.84. The van der Waals surface area contributed by atoms with Crippen LogP contribution in [-0.2, 0) is 4.74 Å². The highest BCUT2D eigenvalue weighted by atomic mass is 35.5. The van der Waals surface area contributed by atoms with Gasteiger partial charge in [-0.2, -0.15) is 0 Å². The van der Waals surface area contributed by atoms with Crippen molar-refractivity contribution in [1.29, 1.82) is 0 Å². The van der Waals surface area contributed by atoms with Crippen LogP contribution in [0.1, 0.15) is 48.4 Å². The summed E-state index contributed by atoms with van der Waals surface area (Å²) in [6, 6.07) is 11.6. The summed E-state index contributed by atoms with van der Waals surface area (Å²) in [4.78, 5) is 5.23. The third-order valence-electron chi connectivity index (χ3n) is 7.33. The van der Waals surface area contributed by atoms with Crippen molar-refractivity contribution in [2.45, 2.75) is 51.6 Å². The molecule has 0 radical (unpaired) electrons. The number of halogens is 1. The van der Waals surface area contributed by atoms with E-state index in [0.29, 0.717) is 23.7 Å². The molecule has 4 rings (SSSR count). The molecule has 0 unspecified atom stereocenters. The van der Waals surface area contributed by atoms with Gasteiger partial charge in [0.25, 0.3) is 0 Å². The molecule has 0 spiro atoms. The van der Waals surface area contributed by atoms with Gasteiger partial charge in [0.1, 0.15) is 11.5 Å². The smallest absolute Gasteiger partial charge is 0.139 e. The van der Waals surface area contributed by atoms with Crippen LogP contribution >= 0.6 is 11.6 Å². The Morgan fingerprint density at radius 3 is 2.61 bits per heavy atom. The molecule has 2 atom stereocenters. The van der Waals surface area contributed by atoms with Gasteiger partial charge in [-0.25, -0.2) is 0 Å². The first-order chi connectivity index (χ1) is 16.0. The Kier molecular flexibility index (Phi) is 8.05. The summed E-state index contributed by atoms with van der Waals surface area (Å²) in [6.45, 7) is 8.98. The minimum atomic E-state index is 0.479. The lowest BCUT2D eigenvalue weighted by molar-refractivity contribution is 0.0712. The minimum Gasteiger partial charge on any atom is -0.495 e. The van der Waals surface area contributed by atoms with Crippen LogP contribution < -0.4 is 14.4 Å². The summed E-state index contributed by atoms with van der Waals surface area (Å²) in [5.74, 6) is 1.75. The van der Waals surface area contributed by atoms with Crippen LogP contribution in [0.25, 0.3) is 0 Å².